The molecule has 1 fully saturated rings. The summed E-state index contributed by atoms with van der Waals surface area (Å²) < 4.78 is 45.6. The van der Waals surface area contributed by atoms with E-state index in [0.717, 1.165) is 12.1 Å². The van der Waals surface area contributed by atoms with Crippen LogP contribution in [0.4, 0.5) is 23.8 Å². The first kappa shape index (κ1) is 25.7. The number of rotatable bonds is 4. The Morgan fingerprint density at radius 1 is 1.11 bits per heavy atom. The van der Waals surface area contributed by atoms with Crippen molar-refractivity contribution < 1.29 is 22.5 Å². The highest BCUT2D eigenvalue weighted by molar-refractivity contribution is 5.98. The Labute approximate surface area is 207 Å². The summed E-state index contributed by atoms with van der Waals surface area (Å²) in [5.41, 5.74) is -0.353. The summed E-state index contributed by atoms with van der Waals surface area (Å²) in [6, 6.07) is 4.85. The van der Waals surface area contributed by atoms with E-state index < -0.39 is 11.7 Å². The van der Waals surface area contributed by atoms with Gasteiger partial charge in [0.15, 0.2) is 0 Å². The monoisotopic (exact) mass is 504 g/mol. The first-order valence-corrected chi connectivity index (χ1v) is 12.0. The molecule has 0 saturated carbocycles. The van der Waals surface area contributed by atoms with Gasteiger partial charge in [-0.1, -0.05) is 31.1 Å². The van der Waals surface area contributed by atoms with Crippen LogP contribution in [0.25, 0.3) is 22.4 Å². The lowest BCUT2D eigenvalue weighted by molar-refractivity contribution is -0.137. The number of nitrogens with zero attached hydrogens (tertiary/aromatic N) is 5. The summed E-state index contributed by atoms with van der Waals surface area (Å²) in [5.74, 6) is 1.42. The lowest BCUT2D eigenvalue weighted by Gasteiger charge is -2.37. The lowest BCUT2D eigenvalue weighted by Crippen LogP contribution is -2.55. The van der Waals surface area contributed by atoms with Crippen molar-refractivity contribution in [3.63, 3.8) is 0 Å². The van der Waals surface area contributed by atoms with E-state index in [1.54, 1.807) is 11.0 Å². The van der Waals surface area contributed by atoms with Crippen molar-refractivity contribution in [1.82, 2.24) is 25.3 Å². The quantitative estimate of drug-likeness (QED) is 0.530. The van der Waals surface area contributed by atoms with Gasteiger partial charge in [0.1, 0.15) is 22.7 Å². The minimum atomic E-state index is -4.48. The summed E-state index contributed by atoms with van der Waals surface area (Å²) in [4.78, 5) is 25.7. The number of nitrogens with one attached hydrogen (secondary N) is 1. The molecule has 8 nitrogen and oxygen atoms in total. The van der Waals surface area contributed by atoms with Crippen molar-refractivity contribution in [3.05, 3.63) is 35.7 Å². The highest BCUT2D eigenvalue weighted by Crippen LogP contribution is 2.37. The second kappa shape index (κ2) is 9.59. The number of amides is 2. The first-order valence-electron chi connectivity index (χ1n) is 12.0. The SMILES string of the molecule is CC(C)Cc1nc(N2CCN(C(=O)NC(C)(C)C)CC2)c2c(-c3cccc(C(F)(F)F)c3)noc2n1. The predicted octanol–water partition coefficient (Wildman–Crippen LogP) is 5.13. The topological polar surface area (TPSA) is 87.4 Å². The number of urea groups is 1. The van der Waals surface area contributed by atoms with Gasteiger partial charge in [0, 0.05) is 43.7 Å². The number of hydrogen-bond donors (Lipinski definition) is 1. The molecule has 194 valence electrons. The number of carbonyl (C=O) groups excluding carboxylic acids is 1. The van der Waals surface area contributed by atoms with Crippen molar-refractivity contribution >= 4 is 22.9 Å². The zero-order chi connectivity index (χ0) is 26.3. The van der Waals surface area contributed by atoms with Crippen LogP contribution in [-0.4, -0.2) is 57.8 Å². The molecule has 0 unspecified atom stereocenters. The van der Waals surface area contributed by atoms with Crippen molar-refractivity contribution in [2.45, 2.75) is 52.8 Å². The van der Waals surface area contributed by atoms with Gasteiger partial charge in [-0.05, 0) is 38.8 Å². The molecule has 0 bridgehead atoms. The Kier molecular flexibility index (Phi) is 6.85. The Hall–Kier alpha value is -3.37. The van der Waals surface area contributed by atoms with E-state index in [9.17, 15) is 18.0 Å². The second-order valence-electron chi connectivity index (χ2n) is 10.5. The minimum Gasteiger partial charge on any atom is -0.352 e. The van der Waals surface area contributed by atoms with Gasteiger partial charge in [-0.25, -0.2) is 9.78 Å². The lowest BCUT2D eigenvalue weighted by atomic mass is 10.1. The van der Waals surface area contributed by atoms with E-state index in [-0.39, 0.29) is 28.5 Å². The zero-order valence-electron chi connectivity index (χ0n) is 21.1. The summed E-state index contributed by atoms with van der Waals surface area (Å²) in [5, 5.41) is 7.54. The zero-order valence-corrected chi connectivity index (χ0v) is 21.1. The smallest absolute Gasteiger partial charge is 0.352 e. The number of fused-ring (bicyclic) bond motifs is 1. The van der Waals surface area contributed by atoms with Gasteiger partial charge in [0.2, 0.25) is 0 Å². The van der Waals surface area contributed by atoms with Crippen LogP contribution in [0.1, 0.15) is 46.0 Å². The summed E-state index contributed by atoms with van der Waals surface area (Å²) >= 11 is 0. The van der Waals surface area contributed by atoms with Crippen molar-refractivity contribution in [2.75, 3.05) is 31.1 Å². The van der Waals surface area contributed by atoms with E-state index in [4.69, 9.17) is 9.51 Å². The highest BCUT2D eigenvalue weighted by Gasteiger charge is 2.32. The molecule has 1 saturated heterocycles. The fourth-order valence-corrected chi connectivity index (χ4v) is 4.13. The number of hydrogen-bond acceptors (Lipinski definition) is 6. The molecule has 0 aliphatic carbocycles. The van der Waals surface area contributed by atoms with Crippen molar-refractivity contribution in [2.24, 2.45) is 5.92 Å². The maximum Gasteiger partial charge on any atom is 0.416 e. The molecular formula is C25H31F3N6O2. The van der Waals surface area contributed by atoms with Crippen LogP contribution in [0.2, 0.25) is 0 Å². The Balaban J connectivity index is 1.71. The summed E-state index contributed by atoms with van der Waals surface area (Å²) in [7, 11) is 0. The van der Waals surface area contributed by atoms with E-state index in [1.165, 1.54) is 6.07 Å². The number of halogens is 3. The van der Waals surface area contributed by atoms with Gasteiger partial charge >= 0.3 is 12.2 Å². The van der Waals surface area contributed by atoms with Crippen LogP contribution in [0.15, 0.2) is 28.8 Å². The Morgan fingerprint density at radius 3 is 2.42 bits per heavy atom. The van der Waals surface area contributed by atoms with E-state index in [1.807, 2.05) is 39.5 Å². The molecule has 3 heterocycles. The first-order chi connectivity index (χ1) is 16.8. The van der Waals surface area contributed by atoms with Gasteiger partial charge in [-0.2, -0.15) is 18.2 Å². The minimum absolute atomic E-state index is 0.134. The molecule has 1 aromatic carbocycles. The molecule has 4 rings (SSSR count). The standard InChI is InChI=1S/C25H31F3N6O2/c1-15(2)13-18-29-21(33-9-11-34(12-10-33)23(35)31-24(3,4)5)19-20(32-36-22(19)30-18)16-7-6-8-17(14-16)25(26,27)28/h6-8,14-15H,9-13H2,1-5H3,(H,31,35). The van der Waals surface area contributed by atoms with Crippen LogP contribution in [0.3, 0.4) is 0 Å². The fraction of sp³-hybridized carbons (Fsp3) is 0.520. The van der Waals surface area contributed by atoms with Gasteiger partial charge in [-0.3, -0.25) is 0 Å². The number of anilines is 1. The highest BCUT2D eigenvalue weighted by atomic mass is 19.4. The number of aromatic nitrogens is 3. The van der Waals surface area contributed by atoms with Gasteiger partial charge in [0.25, 0.3) is 5.71 Å². The van der Waals surface area contributed by atoms with Gasteiger partial charge in [-0.15, -0.1) is 0 Å². The van der Waals surface area contributed by atoms with E-state index >= 15 is 0 Å². The van der Waals surface area contributed by atoms with Gasteiger partial charge in [0.05, 0.1) is 5.56 Å². The van der Waals surface area contributed by atoms with E-state index in [0.29, 0.717) is 55.5 Å². The van der Waals surface area contributed by atoms with Gasteiger partial charge < -0.3 is 19.6 Å². The predicted molar refractivity (Wildman–Crippen MR) is 131 cm³/mol. The van der Waals surface area contributed by atoms with Crippen LogP contribution in [0, 0.1) is 5.92 Å². The molecule has 1 N–H and O–H groups in total. The molecule has 0 atom stereocenters. The molecule has 2 amide bonds. The van der Waals surface area contributed by atoms with Crippen LogP contribution >= 0.6 is 0 Å². The maximum atomic E-state index is 13.4. The number of carbonyl (C=O) groups is 1. The van der Waals surface area contributed by atoms with E-state index in [2.05, 4.69) is 15.5 Å². The normalized spacial score (nSPS) is 15.1. The van der Waals surface area contributed by atoms with Crippen LogP contribution < -0.4 is 10.2 Å². The average Bonchev–Trinajstić information content (AvgIpc) is 3.20. The fourth-order valence-electron chi connectivity index (χ4n) is 4.13. The molecular weight excluding hydrogens is 473 g/mol. The summed E-state index contributed by atoms with van der Waals surface area (Å²) in [6.07, 6.45) is -3.88. The molecule has 11 heteroatoms. The Bertz CT molecular complexity index is 1240. The number of piperazine rings is 1. The number of benzene rings is 1. The largest absolute Gasteiger partial charge is 0.416 e. The third kappa shape index (κ3) is 5.71. The molecule has 1 aliphatic heterocycles. The summed E-state index contributed by atoms with van der Waals surface area (Å²) in [6.45, 7) is 11.8. The molecule has 0 spiro atoms. The average molecular weight is 505 g/mol. The van der Waals surface area contributed by atoms with Crippen LogP contribution in [0.5, 0.6) is 0 Å². The molecule has 1 aliphatic rings. The molecule has 36 heavy (non-hydrogen) atoms. The van der Waals surface area contributed by atoms with Crippen molar-refractivity contribution in [3.8, 4) is 11.3 Å². The van der Waals surface area contributed by atoms with Crippen molar-refractivity contribution in [1.29, 1.82) is 0 Å². The number of alkyl halides is 3. The van der Waals surface area contributed by atoms with Crippen LogP contribution in [-0.2, 0) is 12.6 Å². The molecule has 0 radical (unpaired) electrons. The Morgan fingerprint density at radius 2 is 1.81 bits per heavy atom. The molecule has 2 aromatic heterocycles. The maximum absolute atomic E-state index is 13.4. The molecule has 3 aromatic rings. The third-order valence-electron chi connectivity index (χ3n) is 5.77. The second-order valence-corrected chi connectivity index (χ2v) is 10.5. The third-order valence-corrected chi connectivity index (χ3v) is 5.77.